The number of benzene rings is 2. The van der Waals surface area contributed by atoms with Crippen LogP contribution in [-0.4, -0.2) is 19.3 Å². The van der Waals surface area contributed by atoms with E-state index in [9.17, 15) is 4.79 Å². The topological polar surface area (TPSA) is 56.8 Å². The Morgan fingerprint density at radius 1 is 1.25 bits per heavy atom. The first-order chi connectivity index (χ1) is 11.7. The lowest BCUT2D eigenvalue weighted by molar-refractivity contribution is -0.111. The number of anilines is 1. The second-order valence-corrected chi connectivity index (χ2v) is 4.96. The molecule has 3 rings (SSSR count). The van der Waals surface area contributed by atoms with E-state index in [0.717, 1.165) is 5.56 Å². The van der Waals surface area contributed by atoms with Gasteiger partial charge in [0.2, 0.25) is 12.7 Å². The minimum Gasteiger partial charge on any atom is -0.481 e. The monoisotopic (exact) mass is 321 g/mol. The minimum atomic E-state index is -0.248. The molecule has 0 saturated heterocycles. The fraction of sp³-hybridized carbons (Fsp3) is 0.105. The lowest BCUT2D eigenvalue weighted by Gasteiger charge is -2.06. The van der Waals surface area contributed by atoms with Crippen molar-refractivity contribution in [1.29, 1.82) is 0 Å². The molecule has 2 aromatic carbocycles. The summed E-state index contributed by atoms with van der Waals surface area (Å²) in [6, 6.07) is 12.5. The summed E-state index contributed by atoms with van der Waals surface area (Å²) in [6.07, 6.45) is 8.31. The van der Waals surface area contributed by atoms with Crippen molar-refractivity contribution in [2.45, 2.75) is 0 Å². The Bertz CT molecular complexity index is 820. The van der Waals surface area contributed by atoms with Crippen LogP contribution in [0.1, 0.15) is 5.56 Å². The van der Waals surface area contributed by atoms with Crippen molar-refractivity contribution in [1.82, 2.24) is 0 Å². The summed E-state index contributed by atoms with van der Waals surface area (Å²) in [6.45, 7) is 0.405. The van der Waals surface area contributed by atoms with E-state index >= 15 is 0 Å². The molecule has 5 nitrogen and oxygen atoms in total. The molecule has 0 aromatic heterocycles. The molecule has 1 amide bonds. The maximum atomic E-state index is 12.0. The molecule has 0 bridgehead atoms. The number of rotatable bonds is 5. The van der Waals surface area contributed by atoms with Crippen LogP contribution in [0, 0.1) is 12.3 Å². The van der Waals surface area contributed by atoms with Gasteiger partial charge < -0.3 is 19.5 Å². The highest BCUT2D eigenvalue weighted by molar-refractivity contribution is 6.02. The zero-order chi connectivity index (χ0) is 16.8. The number of ether oxygens (including phenoxy) is 3. The summed E-state index contributed by atoms with van der Waals surface area (Å²) < 4.78 is 15.9. The fourth-order valence-corrected chi connectivity index (χ4v) is 2.16. The molecular formula is C19H15NO4. The molecule has 0 atom stereocenters. The molecule has 1 aliphatic heterocycles. The fourth-order valence-electron chi connectivity index (χ4n) is 2.16. The normalized spacial score (nSPS) is 12.0. The maximum absolute atomic E-state index is 12.0. The first-order valence-corrected chi connectivity index (χ1v) is 7.29. The Hall–Kier alpha value is -3.39. The Morgan fingerprint density at radius 3 is 3.00 bits per heavy atom. The number of carbonyl (C=O) groups is 1. The number of terminal acetylenes is 1. The van der Waals surface area contributed by atoms with Crippen molar-refractivity contribution in [2.24, 2.45) is 0 Å². The molecule has 0 spiro atoms. The highest BCUT2D eigenvalue weighted by Crippen LogP contribution is 2.32. The van der Waals surface area contributed by atoms with Crippen LogP contribution in [-0.2, 0) is 4.79 Å². The van der Waals surface area contributed by atoms with E-state index in [1.165, 1.54) is 6.08 Å². The van der Waals surface area contributed by atoms with Gasteiger partial charge in [-0.05, 0) is 35.9 Å². The number of hydrogen-bond acceptors (Lipinski definition) is 4. The Morgan fingerprint density at radius 2 is 2.12 bits per heavy atom. The first kappa shape index (κ1) is 15.5. The summed E-state index contributed by atoms with van der Waals surface area (Å²) in [5.41, 5.74) is 1.48. The quantitative estimate of drug-likeness (QED) is 0.679. The highest BCUT2D eigenvalue weighted by atomic mass is 16.7. The predicted octanol–water partition coefficient (Wildman–Crippen LogP) is 3.08. The predicted molar refractivity (Wildman–Crippen MR) is 91.0 cm³/mol. The summed E-state index contributed by atoms with van der Waals surface area (Å²) in [5, 5.41) is 2.77. The molecule has 2 aromatic rings. The summed E-state index contributed by atoms with van der Waals surface area (Å²) in [5.74, 6) is 4.13. The number of nitrogens with one attached hydrogen (secondary N) is 1. The van der Waals surface area contributed by atoms with Gasteiger partial charge in [0.25, 0.3) is 0 Å². The van der Waals surface area contributed by atoms with Crippen molar-refractivity contribution in [3.8, 4) is 29.6 Å². The molecule has 1 N–H and O–H groups in total. The second kappa shape index (κ2) is 7.25. The van der Waals surface area contributed by atoms with Crippen LogP contribution in [0.15, 0.2) is 48.5 Å². The van der Waals surface area contributed by atoms with E-state index in [1.54, 1.807) is 30.3 Å². The van der Waals surface area contributed by atoms with Gasteiger partial charge in [0, 0.05) is 17.8 Å². The SMILES string of the molecule is C#CCOc1cccc(NC(=O)/C=C/c2ccc3c(c2)OCO3)c1. The Kier molecular flexibility index (Phi) is 4.68. The zero-order valence-electron chi connectivity index (χ0n) is 12.8. The molecular weight excluding hydrogens is 306 g/mol. The largest absolute Gasteiger partial charge is 0.481 e. The van der Waals surface area contributed by atoms with Crippen LogP contribution in [0.2, 0.25) is 0 Å². The van der Waals surface area contributed by atoms with Crippen molar-refractivity contribution >= 4 is 17.7 Å². The zero-order valence-corrected chi connectivity index (χ0v) is 12.8. The molecule has 1 heterocycles. The third-order valence-corrected chi connectivity index (χ3v) is 3.25. The first-order valence-electron chi connectivity index (χ1n) is 7.29. The molecule has 0 radical (unpaired) electrons. The van der Waals surface area contributed by atoms with E-state index < -0.39 is 0 Å². The van der Waals surface area contributed by atoms with Crippen molar-refractivity contribution in [2.75, 3.05) is 18.7 Å². The van der Waals surface area contributed by atoms with Crippen molar-refractivity contribution < 1.29 is 19.0 Å². The Balaban J connectivity index is 1.62. The van der Waals surface area contributed by atoms with Crippen LogP contribution in [0.25, 0.3) is 6.08 Å². The molecule has 1 aliphatic rings. The summed E-state index contributed by atoms with van der Waals surface area (Å²) >= 11 is 0. The van der Waals surface area contributed by atoms with Gasteiger partial charge in [-0.3, -0.25) is 4.79 Å². The number of carbonyl (C=O) groups excluding carboxylic acids is 1. The van der Waals surface area contributed by atoms with Gasteiger partial charge >= 0.3 is 0 Å². The van der Waals surface area contributed by atoms with Crippen LogP contribution >= 0.6 is 0 Å². The van der Waals surface area contributed by atoms with Crippen molar-refractivity contribution in [3.63, 3.8) is 0 Å². The van der Waals surface area contributed by atoms with Gasteiger partial charge in [-0.15, -0.1) is 6.42 Å². The third-order valence-electron chi connectivity index (χ3n) is 3.25. The molecule has 0 saturated carbocycles. The van der Waals surface area contributed by atoms with Crippen LogP contribution < -0.4 is 19.5 Å². The average Bonchev–Trinajstić information content (AvgIpc) is 3.06. The van der Waals surface area contributed by atoms with Gasteiger partial charge in [-0.25, -0.2) is 0 Å². The number of hydrogen-bond donors (Lipinski definition) is 1. The molecule has 0 fully saturated rings. The summed E-state index contributed by atoms with van der Waals surface area (Å²) in [7, 11) is 0. The van der Waals surface area contributed by atoms with Crippen LogP contribution in [0.3, 0.4) is 0 Å². The van der Waals surface area contributed by atoms with E-state index in [2.05, 4.69) is 11.2 Å². The van der Waals surface area contributed by atoms with Gasteiger partial charge in [0.05, 0.1) is 0 Å². The summed E-state index contributed by atoms with van der Waals surface area (Å²) in [4.78, 5) is 12.0. The van der Waals surface area contributed by atoms with Crippen LogP contribution in [0.5, 0.6) is 17.2 Å². The number of amides is 1. The van der Waals surface area contributed by atoms with E-state index in [1.807, 2.05) is 18.2 Å². The van der Waals surface area contributed by atoms with E-state index in [-0.39, 0.29) is 19.3 Å². The average molecular weight is 321 g/mol. The van der Waals surface area contributed by atoms with Crippen LogP contribution in [0.4, 0.5) is 5.69 Å². The van der Waals surface area contributed by atoms with Crippen molar-refractivity contribution in [3.05, 3.63) is 54.1 Å². The van der Waals surface area contributed by atoms with E-state index in [0.29, 0.717) is 22.9 Å². The van der Waals surface area contributed by atoms with Gasteiger partial charge in [-0.2, -0.15) is 0 Å². The minimum absolute atomic E-state index is 0.182. The van der Waals surface area contributed by atoms with Gasteiger partial charge in [-0.1, -0.05) is 18.1 Å². The Labute approximate surface area is 139 Å². The second-order valence-electron chi connectivity index (χ2n) is 4.96. The molecule has 5 heteroatoms. The molecule has 120 valence electrons. The molecule has 24 heavy (non-hydrogen) atoms. The third kappa shape index (κ3) is 3.87. The standard InChI is InChI=1S/C19H15NO4/c1-2-10-22-16-5-3-4-15(12-16)20-19(21)9-7-14-6-8-17-18(11-14)24-13-23-17/h1,3-9,11-12H,10,13H2,(H,20,21)/b9-7+. The smallest absolute Gasteiger partial charge is 0.248 e. The highest BCUT2D eigenvalue weighted by Gasteiger charge is 2.12. The lowest BCUT2D eigenvalue weighted by atomic mass is 10.2. The van der Waals surface area contributed by atoms with E-state index in [4.69, 9.17) is 20.6 Å². The molecule has 0 unspecified atom stereocenters. The van der Waals surface area contributed by atoms with Gasteiger partial charge in [0.15, 0.2) is 11.5 Å². The van der Waals surface area contributed by atoms with Gasteiger partial charge in [0.1, 0.15) is 12.4 Å². The number of fused-ring (bicyclic) bond motifs is 1. The lowest BCUT2D eigenvalue weighted by Crippen LogP contribution is -2.07. The molecule has 0 aliphatic carbocycles. The maximum Gasteiger partial charge on any atom is 0.248 e.